The molecule has 2 heterocycles. The molecular weight excluding hydrogens is 244 g/mol. The molecule has 1 aliphatic rings. The van der Waals surface area contributed by atoms with Crippen LogP contribution in [0.3, 0.4) is 0 Å². The first-order valence-corrected chi connectivity index (χ1v) is 6.38. The van der Waals surface area contributed by atoms with Gasteiger partial charge in [0.1, 0.15) is 0 Å². The second-order valence-corrected chi connectivity index (χ2v) is 5.82. The summed E-state index contributed by atoms with van der Waals surface area (Å²) < 4.78 is 25.2. The Morgan fingerprint density at radius 3 is 2.32 bits per heavy atom. The van der Waals surface area contributed by atoms with Crippen LogP contribution in [0.15, 0.2) is 18.2 Å². The topological polar surface area (TPSA) is 31.4 Å². The molecule has 2 rings (SSSR count). The quantitative estimate of drug-likeness (QED) is 0.606. The van der Waals surface area contributed by atoms with Gasteiger partial charge in [0.2, 0.25) is 5.95 Å². The van der Waals surface area contributed by atoms with E-state index in [1.807, 2.05) is 34.6 Å². The van der Waals surface area contributed by atoms with Crippen LogP contribution in [-0.4, -0.2) is 23.3 Å². The van der Waals surface area contributed by atoms with Gasteiger partial charge in [0.25, 0.3) is 0 Å². The number of halogens is 1. The van der Waals surface area contributed by atoms with Gasteiger partial charge in [-0.3, -0.25) is 0 Å². The van der Waals surface area contributed by atoms with Crippen molar-refractivity contribution in [1.82, 2.24) is 4.98 Å². The largest absolute Gasteiger partial charge is 0.487 e. The molecule has 0 aromatic carbocycles. The molecule has 0 amide bonds. The van der Waals surface area contributed by atoms with Gasteiger partial charge in [0.15, 0.2) is 0 Å². The summed E-state index contributed by atoms with van der Waals surface area (Å²) >= 11 is 0. The molecule has 1 aliphatic heterocycles. The summed E-state index contributed by atoms with van der Waals surface area (Å²) in [5.74, 6) is 1.25. The van der Waals surface area contributed by atoms with Crippen molar-refractivity contribution in [2.45, 2.75) is 45.8 Å². The van der Waals surface area contributed by atoms with Crippen molar-refractivity contribution in [2.75, 3.05) is 0 Å². The summed E-state index contributed by atoms with van der Waals surface area (Å²) in [4.78, 5) is 3.64. The van der Waals surface area contributed by atoms with E-state index in [0.29, 0.717) is 5.56 Å². The highest BCUT2D eigenvalue weighted by molar-refractivity contribution is 6.52. The Morgan fingerprint density at radius 2 is 1.79 bits per heavy atom. The lowest BCUT2D eigenvalue weighted by Crippen LogP contribution is -2.41. The third-order valence-electron chi connectivity index (χ3n) is 3.85. The molecule has 1 fully saturated rings. The normalized spacial score (nSPS) is 21.3. The summed E-state index contributed by atoms with van der Waals surface area (Å²) in [6.07, 6.45) is 3.12. The lowest BCUT2D eigenvalue weighted by Gasteiger charge is -2.32. The summed E-state index contributed by atoms with van der Waals surface area (Å²) in [5.41, 5.74) is 0.534. The standard InChI is InChI=1S/C14H19BFNO2/c1-10-7-9-17-12(16)11(10)6-8-15-18-13(2,3)14(4,5)19-15/h6-9H,1-5H3/b8-6+. The minimum Gasteiger partial charge on any atom is -0.400 e. The van der Waals surface area contributed by atoms with E-state index in [4.69, 9.17) is 9.31 Å². The average molecular weight is 263 g/mol. The van der Waals surface area contributed by atoms with E-state index in [1.54, 1.807) is 18.1 Å². The number of pyridine rings is 1. The molecule has 5 heteroatoms. The van der Waals surface area contributed by atoms with E-state index in [-0.39, 0.29) is 11.2 Å². The Hall–Kier alpha value is -1.20. The summed E-state index contributed by atoms with van der Waals surface area (Å²) in [7, 11) is -0.469. The molecule has 102 valence electrons. The molecule has 1 aromatic rings. The first kappa shape index (κ1) is 14.2. The van der Waals surface area contributed by atoms with Gasteiger partial charge in [-0.1, -0.05) is 12.1 Å². The Labute approximate surface area is 114 Å². The lowest BCUT2D eigenvalue weighted by atomic mass is 9.89. The predicted molar refractivity (Wildman–Crippen MR) is 74.0 cm³/mol. The van der Waals surface area contributed by atoms with Crippen LogP contribution in [0.5, 0.6) is 0 Å². The van der Waals surface area contributed by atoms with Crippen LogP contribution in [0, 0.1) is 12.9 Å². The Kier molecular flexibility index (Phi) is 3.54. The smallest absolute Gasteiger partial charge is 0.400 e. The predicted octanol–water partition coefficient (Wildman–Crippen LogP) is 3.17. The number of hydrogen-bond acceptors (Lipinski definition) is 3. The van der Waals surface area contributed by atoms with Crippen LogP contribution in [0.4, 0.5) is 4.39 Å². The molecule has 1 saturated heterocycles. The van der Waals surface area contributed by atoms with Crippen LogP contribution in [-0.2, 0) is 9.31 Å². The van der Waals surface area contributed by atoms with Gasteiger partial charge in [-0.2, -0.15) is 4.39 Å². The molecule has 0 N–H and O–H groups in total. The molecule has 1 aromatic heterocycles. The number of nitrogens with zero attached hydrogens (tertiary/aromatic N) is 1. The van der Waals surface area contributed by atoms with Crippen molar-refractivity contribution in [3.63, 3.8) is 0 Å². The molecule has 0 aliphatic carbocycles. The van der Waals surface area contributed by atoms with Gasteiger partial charge in [0.05, 0.1) is 11.2 Å². The third kappa shape index (κ3) is 2.72. The molecule has 0 saturated carbocycles. The average Bonchev–Trinajstić information content (AvgIpc) is 2.46. The van der Waals surface area contributed by atoms with Gasteiger partial charge < -0.3 is 9.31 Å². The Morgan fingerprint density at radius 1 is 1.21 bits per heavy atom. The molecule has 0 unspecified atom stereocenters. The maximum atomic E-state index is 13.6. The van der Waals surface area contributed by atoms with Gasteiger partial charge in [-0.25, -0.2) is 4.98 Å². The van der Waals surface area contributed by atoms with Crippen molar-refractivity contribution in [3.8, 4) is 0 Å². The fraction of sp³-hybridized carbons (Fsp3) is 0.500. The first-order chi connectivity index (χ1) is 8.73. The van der Waals surface area contributed by atoms with Crippen LogP contribution < -0.4 is 0 Å². The zero-order chi connectivity index (χ0) is 14.3. The molecule has 0 spiro atoms. The maximum absolute atomic E-state index is 13.6. The first-order valence-electron chi connectivity index (χ1n) is 6.38. The van der Waals surface area contributed by atoms with Gasteiger partial charge in [-0.05, 0) is 46.2 Å². The van der Waals surface area contributed by atoms with Crippen molar-refractivity contribution in [3.05, 3.63) is 35.3 Å². The van der Waals surface area contributed by atoms with Crippen molar-refractivity contribution in [1.29, 1.82) is 0 Å². The maximum Gasteiger partial charge on any atom is 0.487 e. The van der Waals surface area contributed by atoms with E-state index in [0.717, 1.165) is 5.56 Å². The van der Waals surface area contributed by atoms with E-state index >= 15 is 0 Å². The van der Waals surface area contributed by atoms with Crippen LogP contribution >= 0.6 is 0 Å². The molecular formula is C14H19BFNO2. The van der Waals surface area contributed by atoms with Crippen LogP contribution in [0.1, 0.15) is 38.8 Å². The lowest BCUT2D eigenvalue weighted by molar-refractivity contribution is 0.00578. The van der Waals surface area contributed by atoms with Gasteiger partial charge in [-0.15, -0.1) is 0 Å². The highest BCUT2D eigenvalue weighted by Gasteiger charge is 2.50. The van der Waals surface area contributed by atoms with Crippen molar-refractivity contribution in [2.24, 2.45) is 0 Å². The molecule has 3 nitrogen and oxygen atoms in total. The number of rotatable bonds is 2. The fourth-order valence-electron chi connectivity index (χ4n) is 1.88. The van der Waals surface area contributed by atoms with Crippen LogP contribution in [0.2, 0.25) is 0 Å². The molecule has 19 heavy (non-hydrogen) atoms. The second-order valence-electron chi connectivity index (χ2n) is 5.82. The Balaban J connectivity index is 2.18. The second kappa shape index (κ2) is 4.73. The zero-order valence-electron chi connectivity index (χ0n) is 12.0. The van der Waals surface area contributed by atoms with E-state index in [1.165, 1.54) is 6.20 Å². The molecule has 0 bridgehead atoms. The monoisotopic (exact) mass is 263 g/mol. The SMILES string of the molecule is Cc1ccnc(F)c1/C=C/B1OC(C)(C)C(C)(C)O1. The van der Waals surface area contributed by atoms with E-state index < -0.39 is 13.1 Å². The molecule has 0 atom stereocenters. The van der Waals surface area contributed by atoms with Gasteiger partial charge in [0, 0.05) is 11.8 Å². The van der Waals surface area contributed by atoms with E-state index in [2.05, 4.69) is 4.98 Å². The third-order valence-corrected chi connectivity index (χ3v) is 3.85. The minimum atomic E-state index is -0.479. The van der Waals surface area contributed by atoms with Crippen molar-refractivity contribution >= 4 is 13.2 Å². The zero-order valence-corrected chi connectivity index (χ0v) is 12.0. The minimum absolute atomic E-state index is 0.384. The number of hydrogen-bond donors (Lipinski definition) is 0. The summed E-state index contributed by atoms with van der Waals surface area (Å²) in [6.45, 7) is 9.77. The van der Waals surface area contributed by atoms with Gasteiger partial charge >= 0.3 is 7.12 Å². The molecule has 0 radical (unpaired) electrons. The highest BCUT2D eigenvalue weighted by Crippen LogP contribution is 2.37. The fourth-order valence-corrected chi connectivity index (χ4v) is 1.88. The summed E-state index contributed by atoms with van der Waals surface area (Å²) in [6, 6.07) is 1.77. The Bertz CT molecular complexity index is 478. The summed E-state index contributed by atoms with van der Waals surface area (Å²) in [5, 5.41) is 0. The van der Waals surface area contributed by atoms with Crippen molar-refractivity contribution < 1.29 is 13.7 Å². The van der Waals surface area contributed by atoms with E-state index in [9.17, 15) is 4.39 Å². The highest BCUT2D eigenvalue weighted by atomic mass is 19.1. The number of aryl methyl sites for hydroxylation is 1. The van der Waals surface area contributed by atoms with Crippen LogP contribution in [0.25, 0.3) is 6.08 Å². The number of aromatic nitrogens is 1.